The molecule has 0 atom stereocenters. The number of hydrogen-bond donors (Lipinski definition) is 1. The van der Waals surface area contributed by atoms with Gasteiger partial charge >= 0.3 is 6.01 Å². The summed E-state index contributed by atoms with van der Waals surface area (Å²) < 4.78 is 22.5. The van der Waals surface area contributed by atoms with Crippen molar-refractivity contribution in [2.45, 2.75) is 13.0 Å². The third kappa shape index (κ3) is 5.75. The summed E-state index contributed by atoms with van der Waals surface area (Å²) in [6, 6.07) is 5.98. The lowest BCUT2D eigenvalue weighted by molar-refractivity contribution is -0.111. The Hall–Kier alpha value is -4.08. The van der Waals surface area contributed by atoms with Crippen molar-refractivity contribution < 1.29 is 23.7 Å². The number of methoxy groups -OCH3 is 4. The first-order valence-corrected chi connectivity index (χ1v) is 9.73. The van der Waals surface area contributed by atoms with Crippen LogP contribution in [0.15, 0.2) is 42.9 Å². The summed E-state index contributed by atoms with van der Waals surface area (Å²) in [4.78, 5) is 20.3. The van der Waals surface area contributed by atoms with E-state index in [0.717, 1.165) is 12.0 Å². The Kier molecular flexibility index (Phi) is 7.63. The number of nitrogens with one attached hydrogen (secondary N) is 1. The van der Waals surface area contributed by atoms with Gasteiger partial charge in [0.15, 0.2) is 11.5 Å². The summed E-state index contributed by atoms with van der Waals surface area (Å²) in [5.74, 6) is 1.36. The molecule has 2 aromatic heterocycles. The second-order valence-corrected chi connectivity index (χ2v) is 6.58. The lowest BCUT2D eigenvalue weighted by Gasteiger charge is -2.09. The molecular formula is C22H25N5O5. The van der Waals surface area contributed by atoms with E-state index in [1.54, 1.807) is 37.4 Å². The van der Waals surface area contributed by atoms with Crippen molar-refractivity contribution in [3.8, 4) is 23.4 Å². The highest BCUT2D eigenvalue weighted by Crippen LogP contribution is 2.27. The van der Waals surface area contributed by atoms with E-state index in [1.165, 1.54) is 26.5 Å². The number of hydrogen-bond acceptors (Lipinski definition) is 8. The SMILES string of the molecule is COc1ncc(/C=C/C(=O)Nc2cnn(CCc3ccc(OC)c(OC)c3)c2)c(OC)n1. The van der Waals surface area contributed by atoms with Crippen molar-refractivity contribution in [1.82, 2.24) is 19.7 Å². The minimum Gasteiger partial charge on any atom is -0.493 e. The summed E-state index contributed by atoms with van der Waals surface area (Å²) in [7, 11) is 6.16. The van der Waals surface area contributed by atoms with Crippen molar-refractivity contribution in [3.63, 3.8) is 0 Å². The van der Waals surface area contributed by atoms with E-state index < -0.39 is 0 Å². The fraction of sp³-hybridized carbons (Fsp3) is 0.273. The third-order valence-electron chi connectivity index (χ3n) is 4.53. The zero-order valence-corrected chi connectivity index (χ0v) is 18.4. The van der Waals surface area contributed by atoms with Crippen LogP contribution in [0.3, 0.4) is 0 Å². The van der Waals surface area contributed by atoms with Gasteiger partial charge in [-0.3, -0.25) is 9.48 Å². The smallest absolute Gasteiger partial charge is 0.319 e. The number of rotatable bonds is 10. The van der Waals surface area contributed by atoms with Gasteiger partial charge < -0.3 is 24.3 Å². The molecule has 0 unspecified atom stereocenters. The molecule has 0 bridgehead atoms. The fourth-order valence-electron chi connectivity index (χ4n) is 2.92. The molecule has 3 aromatic rings. The molecule has 0 saturated heterocycles. The average Bonchev–Trinajstić information content (AvgIpc) is 3.28. The van der Waals surface area contributed by atoms with Crippen molar-refractivity contribution >= 4 is 17.7 Å². The third-order valence-corrected chi connectivity index (χ3v) is 4.53. The van der Waals surface area contributed by atoms with Gasteiger partial charge in [-0.05, 0) is 30.2 Å². The van der Waals surface area contributed by atoms with Crippen LogP contribution < -0.4 is 24.3 Å². The standard InChI is InChI=1S/C22H25N5O5/c1-29-18-7-5-15(11-19(18)30-2)9-10-27-14-17(13-24-27)25-20(28)8-6-16-12-23-22(32-4)26-21(16)31-3/h5-8,11-14H,9-10H2,1-4H3,(H,25,28)/b8-6+. The molecule has 0 fully saturated rings. The van der Waals surface area contributed by atoms with Gasteiger partial charge in [0.25, 0.3) is 0 Å². The largest absolute Gasteiger partial charge is 0.493 e. The lowest BCUT2D eigenvalue weighted by Crippen LogP contribution is -2.07. The molecule has 32 heavy (non-hydrogen) atoms. The maximum absolute atomic E-state index is 12.3. The Morgan fingerprint density at radius 1 is 1.06 bits per heavy atom. The summed E-state index contributed by atoms with van der Waals surface area (Å²) in [6.07, 6.45) is 8.55. The number of anilines is 1. The number of carbonyl (C=O) groups excluding carboxylic acids is 1. The van der Waals surface area contributed by atoms with Gasteiger partial charge in [0.05, 0.1) is 45.9 Å². The predicted molar refractivity (Wildman–Crippen MR) is 118 cm³/mol. The monoisotopic (exact) mass is 439 g/mol. The molecule has 0 aliphatic heterocycles. The molecule has 168 valence electrons. The molecule has 1 N–H and O–H groups in total. The summed E-state index contributed by atoms with van der Waals surface area (Å²) in [5.41, 5.74) is 2.22. The van der Waals surface area contributed by atoms with Crippen molar-refractivity contribution in [1.29, 1.82) is 0 Å². The summed E-state index contributed by atoms with van der Waals surface area (Å²) >= 11 is 0. The molecule has 0 radical (unpaired) electrons. The van der Waals surface area contributed by atoms with E-state index in [2.05, 4.69) is 20.4 Å². The van der Waals surface area contributed by atoms with Gasteiger partial charge in [0.1, 0.15) is 0 Å². The fourth-order valence-corrected chi connectivity index (χ4v) is 2.92. The number of aryl methyl sites for hydroxylation is 2. The van der Waals surface area contributed by atoms with Gasteiger partial charge in [0.2, 0.25) is 11.8 Å². The molecule has 3 rings (SSSR count). The van der Waals surface area contributed by atoms with Crippen molar-refractivity contribution in [3.05, 3.63) is 54.0 Å². The Bertz CT molecular complexity index is 1100. The Labute approximate surface area is 185 Å². The number of nitrogens with zero attached hydrogens (tertiary/aromatic N) is 4. The number of carbonyl (C=O) groups is 1. The van der Waals surface area contributed by atoms with E-state index in [0.29, 0.717) is 35.2 Å². The second kappa shape index (κ2) is 10.8. The van der Waals surface area contributed by atoms with Crippen LogP contribution in [0.4, 0.5) is 5.69 Å². The van der Waals surface area contributed by atoms with Gasteiger partial charge in [-0.2, -0.15) is 10.1 Å². The summed E-state index contributed by atoms with van der Waals surface area (Å²) in [6.45, 7) is 0.640. The number of amides is 1. The highest BCUT2D eigenvalue weighted by molar-refractivity contribution is 6.01. The molecule has 1 amide bonds. The van der Waals surface area contributed by atoms with Crippen LogP contribution in [0, 0.1) is 0 Å². The van der Waals surface area contributed by atoms with Crippen molar-refractivity contribution in [2.75, 3.05) is 33.8 Å². The first-order chi connectivity index (χ1) is 15.6. The molecule has 0 aliphatic rings. The van der Waals surface area contributed by atoms with Crippen LogP contribution in [0.1, 0.15) is 11.1 Å². The van der Waals surface area contributed by atoms with Crippen LogP contribution in [0.2, 0.25) is 0 Å². The molecular weight excluding hydrogens is 414 g/mol. The maximum atomic E-state index is 12.3. The van der Waals surface area contributed by atoms with E-state index in [-0.39, 0.29) is 11.9 Å². The van der Waals surface area contributed by atoms with Crippen LogP contribution in [-0.2, 0) is 17.8 Å². The van der Waals surface area contributed by atoms with E-state index >= 15 is 0 Å². The zero-order valence-electron chi connectivity index (χ0n) is 18.4. The number of benzene rings is 1. The van der Waals surface area contributed by atoms with Gasteiger partial charge in [-0.25, -0.2) is 4.98 Å². The minimum atomic E-state index is -0.317. The Balaban J connectivity index is 1.57. The molecule has 0 saturated carbocycles. The Morgan fingerprint density at radius 3 is 2.59 bits per heavy atom. The normalized spacial score (nSPS) is 10.8. The minimum absolute atomic E-state index is 0.184. The first-order valence-electron chi connectivity index (χ1n) is 9.73. The molecule has 0 spiro atoms. The van der Waals surface area contributed by atoms with Crippen molar-refractivity contribution in [2.24, 2.45) is 0 Å². The maximum Gasteiger partial charge on any atom is 0.319 e. The van der Waals surface area contributed by atoms with E-state index in [4.69, 9.17) is 18.9 Å². The summed E-state index contributed by atoms with van der Waals surface area (Å²) in [5, 5.41) is 7.07. The van der Waals surface area contributed by atoms with Crippen LogP contribution >= 0.6 is 0 Å². The Morgan fingerprint density at radius 2 is 1.88 bits per heavy atom. The predicted octanol–water partition coefficient (Wildman–Crippen LogP) is 2.60. The molecule has 10 heteroatoms. The topological polar surface area (TPSA) is 110 Å². The van der Waals surface area contributed by atoms with E-state index in [9.17, 15) is 4.79 Å². The van der Waals surface area contributed by atoms with Gasteiger partial charge in [0, 0.05) is 25.0 Å². The van der Waals surface area contributed by atoms with Gasteiger partial charge in [-0.15, -0.1) is 0 Å². The number of ether oxygens (including phenoxy) is 4. The first kappa shape index (κ1) is 22.6. The van der Waals surface area contributed by atoms with Gasteiger partial charge in [-0.1, -0.05) is 6.07 Å². The molecule has 10 nitrogen and oxygen atoms in total. The van der Waals surface area contributed by atoms with E-state index in [1.807, 2.05) is 18.2 Å². The lowest BCUT2D eigenvalue weighted by atomic mass is 10.1. The highest BCUT2D eigenvalue weighted by Gasteiger charge is 2.08. The zero-order chi connectivity index (χ0) is 22.9. The average molecular weight is 439 g/mol. The van der Waals surface area contributed by atoms with Crippen LogP contribution in [-0.4, -0.2) is 54.1 Å². The quantitative estimate of drug-likeness (QED) is 0.480. The molecule has 1 aromatic carbocycles. The molecule has 2 heterocycles. The van der Waals surface area contributed by atoms with Crippen LogP contribution in [0.25, 0.3) is 6.08 Å². The number of aromatic nitrogens is 4. The molecule has 0 aliphatic carbocycles. The second-order valence-electron chi connectivity index (χ2n) is 6.58. The highest BCUT2D eigenvalue weighted by atomic mass is 16.5. The van der Waals surface area contributed by atoms with Crippen LogP contribution in [0.5, 0.6) is 23.4 Å².